The van der Waals surface area contributed by atoms with Crippen molar-refractivity contribution in [1.29, 1.82) is 0 Å². The second-order valence-corrected chi connectivity index (χ2v) is 13.3. The van der Waals surface area contributed by atoms with Gasteiger partial charge < -0.3 is 20.6 Å². The third-order valence-corrected chi connectivity index (χ3v) is 11.7. The Bertz CT molecular complexity index is 999. The molecule has 5 rings (SSSR count). The molecule has 4 aliphatic rings. The molecule has 0 aromatic heterocycles. The molecule has 0 saturated heterocycles. The molecular weight excluding hydrogens is 466 g/mol. The lowest BCUT2D eigenvalue weighted by Crippen LogP contribution is -2.63. The van der Waals surface area contributed by atoms with Crippen molar-refractivity contribution >= 4 is 11.9 Å². The van der Waals surface area contributed by atoms with Gasteiger partial charge in [0.1, 0.15) is 0 Å². The number of benzene rings is 1. The van der Waals surface area contributed by atoms with Crippen LogP contribution in [0.1, 0.15) is 88.9 Å². The molecular formula is C31H45NO5. The summed E-state index contributed by atoms with van der Waals surface area (Å²) in [5.41, 5.74) is 0.458. The number of aliphatic hydroxyl groups excluding tert-OH is 2. The van der Waals surface area contributed by atoms with Crippen molar-refractivity contribution in [3.8, 4) is 0 Å². The summed E-state index contributed by atoms with van der Waals surface area (Å²) in [4.78, 5) is 24.0. The van der Waals surface area contributed by atoms with Crippen molar-refractivity contribution in [3.63, 3.8) is 0 Å². The lowest BCUT2D eigenvalue weighted by Gasteiger charge is -2.63. The Morgan fingerprint density at radius 2 is 1.76 bits per heavy atom. The van der Waals surface area contributed by atoms with E-state index in [0.717, 1.165) is 38.5 Å². The number of carboxylic acid groups (broad SMARTS) is 1. The molecule has 37 heavy (non-hydrogen) atoms. The minimum Gasteiger partial charge on any atom is -0.481 e. The summed E-state index contributed by atoms with van der Waals surface area (Å²) in [5, 5.41) is 35.8. The van der Waals surface area contributed by atoms with Crippen LogP contribution in [-0.2, 0) is 4.79 Å². The zero-order chi connectivity index (χ0) is 26.5. The van der Waals surface area contributed by atoms with Crippen LogP contribution in [0.5, 0.6) is 0 Å². The van der Waals surface area contributed by atoms with Gasteiger partial charge in [-0.2, -0.15) is 0 Å². The van der Waals surface area contributed by atoms with E-state index in [4.69, 9.17) is 0 Å². The van der Waals surface area contributed by atoms with E-state index < -0.39 is 18.2 Å². The quantitative estimate of drug-likeness (QED) is 0.435. The number of aliphatic carboxylic acids is 1. The van der Waals surface area contributed by atoms with E-state index in [1.54, 1.807) is 0 Å². The Hall–Kier alpha value is -1.92. The molecule has 0 spiro atoms. The molecule has 4 aliphatic carbocycles. The highest BCUT2D eigenvalue weighted by Crippen LogP contribution is 2.68. The second kappa shape index (κ2) is 10.00. The Morgan fingerprint density at radius 3 is 2.46 bits per heavy atom. The fourth-order valence-corrected chi connectivity index (χ4v) is 9.70. The van der Waals surface area contributed by atoms with Crippen molar-refractivity contribution in [2.45, 2.75) is 96.8 Å². The first kappa shape index (κ1) is 26.7. The standard InChI is InChI=1S/C31H45NO5/c1-18(9-12-27(35)36)22-10-11-23-28-24(17-26(34)31(22,23)3)30(2)14-13-21(15-20(30)16-25(28)33)32-29(37)19-7-5-4-6-8-19/h4-8,18,20-26,28,33-34H,9-17H2,1-3H3,(H,32,37)(H,35,36)/t18-,20+,21-,22-,23+,24+,25-,26+,28+,30+,31-/m1/s1. The monoisotopic (exact) mass is 511 g/mol. The van der Waals surface area contributed by atoms with Crippen LogP contribution in [0.4, 0.5) is 0 Å². The molecule has 204 valence electrons. The van der Waals surface area contributed by atoms with Crippen molar-refractivity contribution in [2.24, 2.45) is 46.3 Å². The average molecular weight is 512 g/mol. The van der Waals surface area contributed by atoms with E-state index in [1.807, 2.05) is 30.3 Å². The zero-order valence-electron chi connectivity index (χ0n) is 22.6. The number of amides is 1. The summed E-state index contributed by atoms with van der Waals surface area (Å²) < 4.78 is 0. The number of aliphatic hydroxyl groups is 2. The maximum absolute atomic E-state index is 12.8. The van der Waals surface area contributed by atoms with Crippen molar-refractivity contribution in [1.82, 2.24) is 5.32 Å². The molecule has 4 saturated carbocycles. The minimum atomic E-state index is -0.756. The topological polar surface area (TPSA) is 107 Å². The van der Waals surface area contributed by atoms with Gasteiger partial charge in [0.05, 0.1) is 12.2 Å². The van der Waals surface area contributed by atoms with Crippen LogP contribution in [0, 0.1) is 46.3 Å². The molecule has 0 bridgehead atoms. The second-order valence-electron chi connectivity index (χ2n) is 13.3. The lowest BCUT2D eigenvalue weighted by molar-refractivity contribution is -0.202. The van der Waals surface area contributed by atoms with E-state index in [2.05, 4.69) is 26.1 Å². The third-order valence-electron chi connectivity index (χ3n) is 11.7. The fourth-order valence-electron chi connectivity index (χ4n) is 9.70. The number of rotatable bonds is 6. The maximum atomic E-state index is 12.8. The summed E-state index contributed by atoms with van der Waals surface area (Å²) >= 11 is 0. The Labute approximate surface area is 221 Å². The van der Waals surface area contributed by atoms with Gasteiger partial charge in [0, 0.05) is 18.0 Å². The number of carbonyl (C=O) groups is 2. The highest BCUT2D eigenvalue weighted by Gasteiger charge is 2.65. The molecule has 0 aliphatic heterocycles. The molecule has 11 atom stereocenters. The van der Waals surface area contributed by atoms with Gasteiger partial charge in [0.25, 0.3) is 5.91 Å². The number of fused-ring (bicyclic) bond motifs is 5. The largest absolute Gasteiger partial charge is 0.481 e. The predicted molar refractivity (Wildman–Crippen MR) is 142 cm³/mol. The van der Waals surface area contributed by atoms with Gasteiger partial charge in [-0.1, -0.05) is 39.0 Å². The number of nitrogens with one attached hydrogen (secondary N) is 1. The SMILES string of the molecule is C[C@H](CCC(=O)O)[C@H]1CC[C@H]2[C@@H]3[C@H](O)C[C@@H]4C[C@H](NC(=O)c5ccccc5)CC[C@]4(C)[C@H]3C[C@H](O)[C@]12C. The molecule has 0 heterocycles. The van der Waals surface area contributed by atoms with Crippen LogP contribution in [0.2, 0.25) is 0 Å². The Kier molecular flexibility index (Phi) is 7.21. The normalized spacial score (nSPS) is 43.7. The first-order valence-corrected chi connectivity index (χ1v) is 14.5. The van der Waals surface area contributed by atoms with Crippen molar-refractivity contribution in [3.05, 3.63) is 35.9 Å². The number of carboxylic acids is 1. The first-order valence-electron chi connectivity index (χ1n) is 14.5. The van der Waals surface area contributed by atoms with Crippen LogP contribution in [0.3, 0.4) is 0 Å². The van der Waals surface area contributed by atoms with Crippen LogP contribution in [0.15, 0.2) is 30.3 Å². The molecule has 6 nitrogen and oxygen atoms in total. The van der Waals surface area contributed by atoms with Gasteiger partial charge >= 0.3 is 5.97 Å². The average Bonchev–Trinajstić information content (AvgIpc) is 3.23. The van der Waals surface area contributed by atoms with Gasteiger partial charge in [-0.05, 0) is 110 Å². The summed E-state index contributed by atoms with van der Waals surface area (Å²) in [6.07, 6.45) is 6.27. The van der Waals surface area contributed by atoms with E-state index >= 15 is 0 Å². The van der Waals surface area contributed by atoms with Crippen LogP contribution in [-0.4, -0.2) is 45.4 Å². The van der Waals surface area contributed by atoms with Gasteiger partial charge in [-0.25, -0.2) is 0 Å². The van der Waals surface area contributed by atoms with Gasteiger partial charge in [0.15, 0.2) is 0 Å². The van der Waals surface area contributed by atoms with E-state index in [9.17, 15) is 24.9 Å². The summed E-state index contributed by atoms with van der Waals surface area (Å²) in [5.74, 6) is 0.785. The Morgan fingerprint density at radius 1 is 1.03 bits per heavy atom. The zero-order valence-corrected chi connectivity index (χ0v) is 22.6. The smallest absolute Gasteiger partial charge is 0.303 e. The molecule has 1 aromatic rings. The van der Waals surface area contributed by atoms with Crippen LogP contribution in [0.25, 0.3) is 0 Å². The molecule has 1 amide bonds. The Balaban J connectivity index is 1.32. The lowest BCUT2D eigenvalue weighted by atomic mass is 9.43. The maximum Gasteiger partial charge on any atom is 0.303 e. The van der Waals surface area contributed by atoms with Gasteiger partial charge in [0.2, 0.25) is 0 Å². The molecule has 4 fully saturated rings. The van der Waals surface area contributed by atoms with Gasteiger partial charge in [-0.15, -0.1) is 0 Å². The number of hydrogen-bond acceptors (Lipinski definition) is 4. The van der Waals surface area contributed by atoms with Crippen molar-refractivity contribution < 1.29 is 24.9 Å². The summed E-state index contributed by atoms with van der Waals surface area (Å²) in [6, 6.07) is 9.47. The predicted octanol–water partition coefficient (Wildman–Crippen LogP) is 4.89. The molecule has 6 heteroatoms. The van der Waals surface area contributed by atoms with Gasteiger partial charge in [-0.3, -0.25) is 9.59 Å². The third kappa shape index (κ3) is 4.52. The van der Waals surface area contributed by atoms with Crippen LogP contribution < -0.4 is 5.32 Å². The highest BCUT2D eigenvalue weighted by atomic mass is 16.4. The molecule has 1 aromatic carbocycles. The number of carbonyl (C=O) groups excluding carboxylic acids is 1. The van der Waals surface area contributed by atoms with Crippen molar-refractivity contribution in [2.75, 3.05) is 0 Å². The minimum absolute atomic E-state index is 0.0266. The van der Waals surface area contributed by atoms with E-state index in [0.29, 0.717) is 24.3 Å². The summed E-state index contributed by atoms with van der Waals surface area (Å²) in [6.45, 7) is 6.76. The number of hydrogen-bond donors (Lipinski definition) is 4. The molecule has 0 radical (unpaired) electrons. The van der Waals surface area contributed by atoms with E-state index in [-0.39, 0.29) is 58.8 Å². The summed E-state index contributed by atoms with van der Waals surface area (Å²) in [7, 11) is 0. The molecule has 4 N–H and O–H groups in total. The van der Waals surface area contributed by atoms with Crippen LogP contribution >= 0.6 is 0 Å². The van der Waals surface area contributed by atoms with E-state index in [1.165, 1.54) is 0 Å². The molecule has 0 unspecified atom stereocenters. The first-order chi connectivity index (χ1) is 17.6. The highest BCUT2D eigenvalue weighted by molar-refractivity contribution is 5.94. The fraction of sp³-hybridized carbons (Fsp3) is 0.742.